The summed E-state index contributed by atoms with van der Waals surface area (Å²) in [5, 5.41) is 9.05. The zero-order valence-electron chi connectivity index (χ0n) is 12.4. The minimum absolute atomic E-state index is 0.172. The van der Waals surface area contributed by atoms with E-state index in [1.807, 2.05) is 6.92 Å². The number of rotatable bonds is 3. The molecule has 1 amide bonds. The summed E-state index contributed by atoms with van der Waals surface area (Å²) in [7, 11) is -3.39. The third-order valence-corrected chi connectivity index (χ3v) is 5.71. The first-order valence-corrected chi connectivity index (χ1v) is 9.06. The Morgan fingerprint density at radius 2 is 1.86 bits per heavy atom. The van der Waals surface area contributed by atoms with E-state index < -0.39 is 28.0 Å². The van der Waals surface area contributed by atoms with Gasteiger partial charge < -0.3 is 10.0 Å². The van der Waals surface area contributed by atoms with Gasteiger partial charge in [0.2, 0.25) is 15.9 Å². The van der Waals surface area contributed by atoms with Crippen LogP contribution in [0, 0.1) is 5.92 Å². The van der Waals surface area contributed by atoms with E-state index in [1.54, 1.807) is 4.90 Å². The fourth-order valence-corrected chi connectivity index (χ4v) is 4.42. The Balaban J connectivity index is 2.08. The standard InChI is InChI=1S/C13H22N2O5S/c1-9-8-10(13(17)18)5-7-14(9)12(16)11-4-3-6-15(11)21(2,19)20/h9-11H,3-8H2,1-2H3,(H,17,18). The molecule has 3 unspecified atom stereocenters. The average molecular weight is 318 g/mol. The van der Waals surface area contributed by atoms with Crippen molar-refractivity contribution < 1.29 is 23.1 Å². The van der Waals surface area contributed by atoms with Crippen LogP contribution in [-0.2, 0) is 19.6 Å². The van der Waals surface area contributed by atoms with E-state index in [-0.39, 0.29) is 11.9 Å². The molecule has 0 bridgehead atoms. The molecule has 21 heavy (non-hydrogen) atoms. The maximum Gasteiger partial charge on any atom is 0.306 e. The number of carbonyl (C=O) groups is 2. The summed E-state index contributed by atoms with van der Waals surface area (Å²) in [5.74, 6) is -1.43. The highest BCUT2D eigenvalue weighted by Crippen LogP contribution is 2.28. The van der Waals surface area contributed by atoms with Crippen LogP contribution in [0.1, 0.15) is 32.6 Å². The van der Waals surface area contributed by atoms with Crippen molar-refractivity contribution in [3.8, 4) is 0 Å². The van der Waals surface area contributed by atoms with Crippen molar-refractivity contribution >= 4 is 21.9 Å². The maximum atomic E-state index is 12.6. The first-order valence-electron chi connectivity index (χ1n) is 7.22. The van der Waals surface area contributed by atoms with E-state index in [0.29, 0.717) is 38.8 Å². The highest BCUT2D eigenvalue weighted by molar-refractivity contribution is 7.88. The van der Waals surface area contributed by atoms with Gasteiger partial charge in [0.25, 0.3) is 0 Å². The second-order valence-electron chi connectivity index (χ2n) is 5.97. The largest absolute Gasteiger partial charge is 0.481 e. The van der Waals surface area contributed by atoms with Crippen LogP contribution in [0.5, 0.6) is 0 Å². The molecule has 0 aromatic heterocycles. The zero-order valence-corrected chi connectivity index (χ0v) is 13.2. The average Bonchev–Trinajstić information content (AvgIpc) is 2.86. The van der Waals surface area contributed by atoms with Crippen molar-refractivity contribution in [3.05, 3.63) is 0 Å². The lowest BCUT2D eigenvalue weighted by molar-refractivity contribution is -0.148. The van der Waals surface area contributed by atoms with Crippen molar-refractivity contribution in [2.24, 2.45) is 5.92 Å². The minimum atomic E-state index is -3.39. The van der Waals surface area contributed by atoms with Gasteiger partial charge >= 0.3 is 5.97 Å². The molecule has 8 heteroatoms. The summed E-state index contributed by atoms with van der Waals surface area (Å²) in [4.78, 5) is 25.3. The summed E-state index contributed by atoms with van der Waals surface area (Å²) < 4.78 is 24.7. The summed E-state index contributed by atoms with van der Waals surface area (Å²) in [6, 6.07) is -0.793. The number of sulfonamides is 1. The summed E-state index contributed by atoms with van der Waals surface area (Å²) in [6.07, 6.45) is 3.20. The van der Waals surface area contributed by atoms with E-state index in [1.165, 1.54) is 4.31 Å². The Kier molecular flexibility index (Phi) is 4.57. The molecule has 3 atom stereocenters. The number of carboxylic acid groups (broad SMARTS) is 1. The number of likely N-dealkylation sites (tertiary alicyclic amines) is 1. The van der Waals surface area contributed by atoms with E-state index in [2.05, 4.69) is 0 Å². The summed E-state index contributed by atoms with van der Waals surface area (Å²) >= 11 is 0. The van der Waals surface area contributed by atoms with Crippen LogP contribution in [0.2, 0.25) is 0 Å². The molecule has 0 aromatic carbocycles. The molecule has 2 heterocycles. The second kappa shape index (κ2) is 5.92. The molecule has 0 saturated carbocycles. The number of carbonyl (C=O) groups excluding carboxylic acids is 1. The van der Waals surface area contributed by atoms with Crippen LogP contribution in [-0.4, -0.2) is 66.0 Å². The fraction of sp³-hybridized carbons (Fsp3) is 0.846. The van der Waals surface area contributed by atoms with Crippen molar-refractivity contribution in [2.45, 2.75) is 44.7 Å². The normalized spacial score (nSPS) is 31.3. The lowest BCUT2D eigenvalue weighted by atomic mass is 9.91. The van der Waals surface area contributed by atoms with Gasteiger partial charge in [-0.1, -0.05) is 0 Å². The van der Waals surface area contributed by atoms with E-state index in [9.17, 15) is 18.0 Å². The number of amides is 1. The first kappa shape index (κ1) is 16.2. The molecule has 0 spiro atoms. The second-order valence-corrected chi connectivity index (χ2v) is 7.91. The van der Waals surface area contributed by atoms with Gasteiger partial charge in [-0.3, -0.25) is 9.59 Å². The number of aliphatic carboxylic acids is 1. The van der Waals surface area contributed by atoms with Crippen molar-refractivity contribution in [2.75, 3.05) is 19.3 Å². The molecule has 2 aliphatic rings. The van der Waals surface area contributed by atoms with E-state index >= 15 is 0 Å². The lowest BCUT2D eigenvalue weighted by Gasteiger charge is -2.38. The molecule has 0 aromatic rings. The smallest absolute Gasteiger partial charge is 0.306 e. The Morgan fingerprint density at radius 3 is 2.38 bits per heavy atom. The predicted octanol–water partition coefficient (Wildman–Crippen LogP) is 0.122. The van der Waals surface area contributed by atoms with Gasteiger partial charge in [-0.2, -0.15) is 4.31 Å². The van der Waals surface area contributed by atoms with Crippen LogP contribution in [0.25, 0.3) is 0 Å². The summed E-state index contributed by atoms with van der Waals surface area (Å²) in [5.41, 5.74) is 0. The van der Waals surface area contributed by atoms with E-state index in [0.717, 1.165) is 6.26 Å². The molecule has 0 aliphatic carbocycles. The van der Waals surface area contributed by atoms with Crippen LogP contribution < -0.4 is 0 Å². The zero-order chi connectivity index (χ0) is 15.8. The van der Waals surface area contributed by atoms with Gasteiger partial charge in [-0.05, 0) is 32.6 Å². The molecule has 2 aliphatic heterocycles. The number of hydrogen-bond donors (Lipinski definition) is 1. The Labute approximate surface area is 125 Å². The Hall–Kier alpha value is -1.15. The molecule has 2 fully saturated rings. The molecule has 1 N–H and O–H groups in total. The van der Waals surface area contributed by atoms with Crippen molar-refractivity contribution in [1.82, 2.24) is 9.21 Å². The Morgan fingerprint density at radius 1 is 1.19 bits per heavy atom. The number of carboxylic acids is 1. The van der Waals surface area contributed by atoms with Crippen LogP contribution in [0.4, 0.5) is 0 Å². The maximum absolute atomic E-state index is 12.6. The highest BCUT2D eigenvalue weighted by Gasteiger charge is 2.41. The predicted molar refractivity (Wildman–Crippen MR) is 76.1 cm³/mol. The van der Waals surface area contributed by atoms with Gasteiger partial charge in [0.1, 0.15) is 6.04 Å². The van der Waals surface area contributed by atoms with Crippen LogP contribution in [0.3, 0.4) is 0 Å². The number of nitrogens with zero attached hydrogens (tertiary/aromatic N) is 2. The van der Waals surface area contributed by atoms with Gasteiger partial charge in [0, 0.05) is 19.1 Å². The molecule has 7 nitrogen and oxygen atoms in total. The number of hydrogen-bond acceptors (Lipinski definition) is 4. The lowest BCUT2D eigenvalue weighted by Crippen LogP contribution is -2.53. The number of piperidine rings is 1. The fourth-order valence-electron chi connectivity index (χ4n) is 3.30. The van der Waals surface area contributed by atoms with Gasteiger partial charge in [0.15, 0.2) is 0 Å². The third-order valence-electron chi connectivity index (χ3n) is 4.42. The molecule has 0 radical (unpaired) electrons. The minimum Gasteiger partial charge on any atom is -0.481 e. The van der Waals surface area contributed by atoms with Crippen molar-refractivity contribution in [3.63, 3.8) is 0 Å². The summed E-state index contributed by atoms with van der Waals surface area (Å²) in [6.45, 7) is 2.59. The van der Waals surface area contributed by atoms with Gasteiger partial charge in [-0.15, -0.1) is 0 Å². The Bertz CT molecular complexity index is 533. The molecule has 120 valence electrons. The SMILES string of the molecule is CC1CC(C(=O)O)CCN1C(=O)C1CCCN1S(C)(=O)=O. The molecule has 2 saturated heterocycles. The quantitative estimate of drug-likeness (QED) is 0.797. The van der Waals surface area contributed by atoms with Crippen LogP contribution in [0.15, 0.2) is 0 Å². The van der Waals surface area contributed by atoms with Crippen LogP contribution >= 0.6 is 0 Å². The highest BCUT2D eigenvalue weighted by atomic mass is 32.2. The van der Waals surface area contributed by atoms with Gasteiger partial charge in [-0.25, -0.2) is 8.42 Å². The van der Waals surface area contributed by atoms with E-state index in [4.69, 9.17) is 5.11 Å². The third kappa shape index (κ3) is 3.37. The molecule has 2 rings (SSSR count). The monoisotopic (exact) mass is 318 g/mol. The molecular weight excluding hydrogens is 296 g/mol. The topological polar surface area (TPSA) is 95.0 Å². The molecular formula is C13H22N2O5S. The first-order chi connectivity index (χ1) is 9.71. The van der Waals surface area contributed by atoms with Crippen molar-refractivity contribution in [1.29, 1.82) is 0 Å². The van der Waals surface area contributed by atoms with Gasteiger partial charge in [0.05, 0.1) is 12.2 Å².